The van der Waals surface area contributed by atoms with E-state index in [9.17, 15) is 0 Å². The lowest BCUT2D eigenvalue weighted by atomic mass is 10.2. The van der Waals surface area contributed by atoms with Gasteiger partial charge in [0.2, 0.25) is 0 Å². The minimum absolute atomic E-state index is 0.793. The molecular weight excluding hydrogens is 214 g/mol. The zero-order valence-corrected chi connectivity index (χ0v) is 8.93. The number of hydrogen-bond acceptors (Lipinski definition) is 4. The predicted octanol–water partition coefficient (Wildman–Crippen LogP) is 1.72. The van der Waals surface area contributed by atoms with Gasteiger partial charge in [0.1, 0.15) is 5.69 Å². The van der Waals surface area contributed by atoms with E-state index < -0.39 is 0 Å². The van der Waals surface area contributed by atoms with Gasteiger partial charge in [0.05, 0.1) is 18.1 Å². The van der Waals surface area contributed by atoms with Crippen molar-refractivity contribution in [2.24, 2.45) is 0 Å². The summed E-state index contributed by atoms with van der Waals surface area (Å²) < 4.78 is 1.69. The van der Waals surface area contributed by atoms with Crippen molar-refractivity contribution in [3.63, 3.8) is 0 Å². The minimum Gasteiger partial charge on any atom is -0.264 e. The molecule has 3 heterocycles. The molecule has 0 amide bonds. The summed E-state index contributed by atoms with van der Waals surface area (Å²) in [7, 11) is 0. The summed E-state index contributed by atoms with van der Waals surface area (Å²) in [5.41, 5.74) is 2.62. The standard InChI is InChI=1S/C12H9N5/c1-3-10(7-13-5-1)12-9-17(16-15-12)11-4-2-6-14-8-11/h1-9H. The molecule has 3 aromatic heterocycles. The van der Waals surface area contributed by atoms with Gasteiger partial charge < -0.3 is 0 Å². The Bertz CT molecular complexity index is 549. The molecular formula is C12H9N5. The molecule has 0 N–H and O–H groups in total. The normalized spacial score (nSPS) is 10.4. The van der Waals surface area contributed by atoms with Crippen LogP contribution in [0.2, 0.25) is 0 Å². The van der Waals surface area contributed by atoms with E-state index in [2.05, 4.69) is 20.3 Å². The fourth-order valence-corrected chi connectivity index (χ4v) is 1.53. The van der Waals surface area contributed by atoms with Crippen molar-refractivity contribution >= 4 is 0 Å². The molecule has 0 radical (unpaired) electrons. The van der Waals surface area contributed by atoms with Gasteiger partial charge in [0, 0.05) is 24.2 Å². The molecule has 3 rings (SSSR count). The molecule has 0 aromatic carbocycles. The van der Waals surface area contributed by atoms with Crippen LogP contribution in [0.1, 0.15) is 0 Å². The Kier molecular flexibility index (Phi) is 2.34. The zero-order chi connectivity index (χ0) is 11.5. The molecule has 0 spiro atoms. The van der Waals surface area contributed by atoms with Crippen molar-refractivity contribution in [1.29, 1.82) is 0 Å². The summed E-state index contributed by atoms with van der Waals surface area (Å²) in [6.07, 6.45) is 8.81. The third kappa shape index (κ3) is 1.90. The molecule has 5 heteroatoms. The quantitative estimate of drug-likeness (QED) is 0.663. The first-order valence-electron chi connectivity index (χ1n) is 5.16. The van der Waals surface area contributed by atoms with Gasteiger partial charge in [-0.25, -0.2) is 4.68 Å². The molecule has 0 aliphatic carbocycles. The number of nitrogens with zero attached hydrogens (tertiary/aromatic N) is 5. The monoisotopic (exact) mass is 223 g/mol. The van der Waals surface area contributed by atoms with E-state index in [1.54, 1.807) is 29.5 Å². The molecule has 0 bridgehead atoms. The third-order valence-corrected chi connectivity index (χ3v) is 2.36. The Hall–Kier alpha value is -2.56. The average molecular weight is 223 g/mol. The minimum atomic E-state index is 0.793. The van der Waals surface area contributed by atoms with Crippen molar-refractivity contribution < 1.29 is 0 Å². The highest BCUT2D eigenvalue weighted by Gasteiger charge is 2.04. The van der Waals surface area contributed by atoms with E-state index in [0.29, 0.717) is 0 Å². The lowest BCUT2D eigenvalue weighted by Crippen LogP contribution is -1.94. The molecule has 0 saturated carbocycles. The second-order valence-electron chi connectivity index (χ2n) is 3.50. The van der Waals surface area contributed by atoms with Crippen LogP contribution in [0.3, 0.4) is 0 Å². The van der Waals surface area contributed by atoms with Crippen LogP contribution in [-0.4, -0.2) is 25.0 Å². The molecule has 0 aliphatic rings. The number of rotatable bonds is 2. The van der Waals surface area contributed by atoms with Crippen molar-refractivity contribution in [3.8, 4) is 16.9 Å². The first kappa shape index (κ1) is 9.65. The fourth-order valence-electron chi connectivity index (χ4n) is 1.53. The fraction of sp³-hybridized carbons (Fsp3) is 0. The summed E-state index contributed by atoms with van der Waals surface area (Å²) in [6, 6.07) is 7.61. The second kappa shape index (κ2) is 4.13. The van der Waals surface area contributed by atoms with Gasteiger partial charge in [-0.3, -0.25) is 9.97 Å². The van der Waals surface area contributed by atoms with E-state index in [4.69, 9.17) is 0 Å². The predicted molar refractivity (Wildman–Crippen MR) is 62.4 cm³/mol. The van der Waals surface area contributed by atoms with Gasteiger partial charge in [0.15, 0.2) is 0 Å². The first-order chi connectivity index (χ1) is 8.43. The van der Waals surface area contributed by atoms with Crippen molar-refractivity contribution in [3.05, 3.63) is 55.2 Å². The Balaban J connectivity index is 1.99. The van der Waals surface area contributed by atoms with Crippen LogP contribution < -0.4 is 0 Å². The summed E-state index contributed by atoms with van der Waals surface area (Å²) in [4.78, 5) is 8.10. The zero-order valence-electron chi connectivity index (χ0n) is 8.93. The summed E-state index contributed by atoms with van der Waals surface area (Å²) in [6.45, 7) is 0. The van der Waals surface area contributed by atoms with Crippen molar-refractivity contribution in [2.45, 2.75) is 0 Å². The molecule has 82 valence electrons. The lowest BCUT2D eigenvalue weighted by molar-refractivity contribution is 0.800. The van der Waals surface area contributed by atoms with Crippen LogP contribution in [0.25, 0.3) is 16.9 Å². The smallest absolute Gasteiger partial charge is 0.115 e. The number of pyridine rings is 2. The molecule has 0 saturated heterocycles. The average Bonchev–Trinajstić information content (AvgIpc) is 2.90. The third-order valence-electron chi connectivity index (χ3n) is 2.36. The maximum absolute atomic E-state index is 4.11. The summed E-state index contributed by atoms with van der Waals surface area (Å²) in [5, 5.41) is 8.17. The molecule has 0 atom stereocenters. The molecule has 0 unspecified atom stereocenters. The van der Waals surface area contributed by atoms with Crippen molar-refractivity contribution in [1.82, 2.24) is 25.0 Å². The molecule has 17 heavy (non-hydrogen) atoms. The van der Waals surface area contributed by atoms with E-state index in [0.717, 1.165) is 16.9 Å². The lowest BCUT2D eigenvalue weighted by Gasteiger charge is -1.96. The number of aromatic nitrogens is 5. The van der Waals surface area contributed by atoms with Crippen LogP contribution in [0, 0.1) is 0 Å². The van der Waals surface area contributed by atoms with E-state index >= 15 is 0 Å². The van der Waals surface area contributed by atoms with Crippen LogP contribution >= 0.6 is 0 Å². The van der Waals surface area contributed by atoms with E-state index in [1.807, 2.05) is 30.5 Å². The molecule has 5 nitrogen and oxygen atoms in total. The SMILES string of the molecule is c1cncc(-c2cn(-c3cccnc3)nn2)c1. The molecule has 3 aromatic rings. The van der Waals surface area contributed by atoms with Gasteiger partial charge in [0.25, 0.3) is 0 Å². The van der Waals surface area contributed by atoms with Gasteiger partial charge in [-0.15, -0.1) is 5.10 Å². The first-order valence-corrected chi connectivity index (χ1v) is 5.16. The number of hydrogen-bond donors (Lipinski definition) is 0. The van der Waals surface area contributed by atoms with Gasteiger partial charge in [-0.05, 0) is 24.3 Å². The maximum atomic E-state index is 4.11. The van der Waals surface area contributed by atoms with E-state index in [-0.39, 0.29) is 0 Å². The molecule has 0 fully saturated rings. The van der Waals surface area contributed by atoms with Crippen LogP contribution in [0.5, 0.6) is 0 Å². The summed E-state index contributed by atoms with van der Waals surface area (Å²) in [5.74, 6) is 0. The van der Waals surface area contributed by atoms with Gasteiger partial charge in [-0.2, -0.15) is 0 Å². The highest BCUT2D eigenvalue weighted by molar-refractivity contribution is 5.56. The van der Waals surface area contributed by atoms with Crippen LogP contribution in [-0.2, 0) is 0 Å². The van der Waals surface area contributed by atoms with Gasteiger partial charge in [-0.1, -0.05) is 5.21 Å². The van der Waals surface area contributed by atoms with Gasteiger partial charge >= 0.3 is 0 Å². The van der Waals surface area contributed by atoms with E-state index in [1.165, 1.54) is 0 Å². The Morgan fingerprint density at radius 1 is 0.941 bits per heavy atom. The van der Waals surface area contributed by atoms with Crippen LogP contribution in [0.15, 0.2) is 55.2 Å². The Morgan fingerprint density at radius 3 is 2.47 bits per heavy atom. The Morgan fingerprint density at radius 2 is 1.76 bits per heavy atom. The Labute approximate surface area is 97.8 Å². The highest BCUT2D eigenvalue weighted by atomic mass is 15.4. The van der Waals surface area contributed by atoms with Crippen LogP contribution in [0.4, 0.5) is 0 Å². The molecule has 0 aliphatic heterocycles. The summed E-state index contributed by atoms with van der Waals surface area (Å²) >= 11 is 0. The largest absolute Gasteiger partial charge is 0.264 e. The highest BCUT2D eigenvalue weighted by Crippen LogP contribution is 2.15. The second-order valence-corrected chi connectivity index (χ2v) is 3.50. The topological polar surface area (TPSA) is 56.5 Å². The van der Waals surface area contributed by atoms with Crippen molar-refractivity contribution in [2.75, 3.05) is 0 Å². The maximum Gasteiger partial charge on any atom is 0.115 e.